The summed E-state index contributed by atoms with van der Waals surface area (Å²) in [5.74, 6) is -0.158. The Labute approximate surface area is 104 Å². The van der Waals surface area contributed by atoms with Gasteiger partial charge < -0.3 is 20.1 Å². The second kappa shape index (κ2) is 11.8. The first kappa shape index (κ1) is 16.4. The van der Waals surface area contributed by atoms with Gasteiger partial charge in [-0.3, -0.25) is 4.79 Å². The molecular formula is C12H26N2O3. The number of methoxy groups -OCH3 is 2. The minimum absolute atomic E-state index is 0.158. The Balaban J connectivity index is 3.74. The first-order valence-corrected chi connectivity index (χ1v) is 6.22. The van der Waals surface area contributed by atoms with Gasteiger partial charge in [0.25, 0.3) is 0 Å². The molecule has 0 spiro atoms. The third-order valence-electron chi connectivity index (χ3n) is 2.65. The molecule has 102 valence electrons. The molecule has 0 heterocycles. The Morgan fingerprint density at radius 3 is 2.47 bits per heavy atom. The van der Waals surface area contributed by atoms with Crippen molar-refractivity contribution >= 4 is 5.97 Å². The van der Waals surface area contributed by atoms with Crippen molar-refractivity contribution in [2.45, 2.75) is 25.7 Å². The van der Waals surface area contributed by atoms with E-state index in [9.17, 15) is 4.79 Å². The molecule has 0 aliphatic heterocycles. The van der Waals surface area contributed by atoms with Crippen molar-refractivity contribution in [3.63, 3.8) is 0 Å². The number of hydrogen-bond donors (Lipinski definition) is 1. The zero-order chi connectivity index (χ0) is 12.9. The Kier molecular flexibility index (Phi) is 11.4. The summed E-state index contributed by atoms with van der Waals surface area (Å²) in [7, 11) is 3.11. The predicted molar refractivity (Wildman–Crippen MR) is 67.9 cm³/mol. The Morgan fingerprint density at radius 1 is 1.12 bits per heavy atom. The van der Waals surface area contributed by atoms with E-state index in [4.69, 9.17) is 10.5 Å². The number of esters is 1. The average Bonchev–Trinajstić information content (AvgIpc) is 2.36. The number of carbonyl (C=O) groups excluding carboxylic acids is 1. The van der Waals surface area contributed by atoms with E-state index in [2.05, 4.69) is 9.64 Å². The van der Waals surface area contributed by atoms with E-state index in [0.717, 1.165) is 45.4 Å². The van der Waals surface area contributed by atoms with Gasteiger partial charge in [-0.05, 0) is 25.9 Å². The Hall–Kier alpha value is -0.650. The molecule has 0 radical (unpaired) electrons. The third-order valence-corrected chi connectivity index (χ3v) is 2.65. The summed E-state index contributed by atoms with van der Waals surface area (Å²) in [5.41, 5.74) is 5.45. The number of unbranched alkanes of at least 4 members (excludes halogenated alkanes) is 2. The van der Waals surface area contributed by atoms with Gasteiger partial charge in [0.15, 0.2) is 0 Å². The Bertz CT molecular complexity index is 189. The summed E-state index contributed by atoms with van der Waals surface area (Å²) in [4.78, 5) is 13.3. The van der Waals surface area contributed by atoms with Gasteiger partial charge in [-0.2, -0.15) is 0 Å². The largest absolute Gasteiger partial charge is 0.469 e. The molecule has 0 aromatic rings. The van der Waals surface area contributed by atoms with Crippen LogP contribution in [0.15, 0.2) is 0 Å². The molecule has 0 unspecified atom stereocenters. The van der Waals surface area contributed by atoms with Crippen LogP contribution in [0.25, 0.3) is 0 Å². The van der Waals surface area contributed by atoms with Crippen molar-refractivity contribution in [3.8, 4) is 0 Å². The van der Waals surface area contributed by atoms with Crippen LogP contribution < -0.4 is 5.73 Å². The van der Waals surface area contributed by atoms with Gasteiger partial charge >= 0.3 is 5.97 Å². The number of carbonyl (C=O) groups is 1. The third kappa shape index (κ3) is 10.2. The van der Waals surface area contributed by atoms with Crippen LogP contribution in [0.5, 0.6) is 0 Å². The van der Waals surface area contributed by atoms with Crippen LogP contribution in [0.1, 0.15) is 25.7 Å². The lowest BCUT2D eigenvalue weighted by molar-refractivity contribution is -0.141. The second-order valence-corrected chi connectivity index (χ2v) is 4.01. The summed E-state index contributed by atoms with van der Waals surface area (Å²) < 4.78 is 9.69. The summed E-state index contributed by atoms with van der Waals surface area (Å²) in [5, 5.41) is 0. The van der Waals surface area contributed by atoms with E-state index in [1.54, 1.807) is 7.11 Å². The van der Waals surface area contributed by atoms with Gasteiger partial charge in [-0.15, -0.1) is 0 Å². The monoisotopic (exact) mass is 246 g/mol. The zero-order valence-corrected chi connectivity index (χ0v) is 11.1. The molecular weight excluding hydrogens is 220 g/mol. The molecule has 0 saturated heterocycles. The fourth-order valence-corrected chi connectivity index (χ4v) is 1.56. The number of nitrogens with zero attached hydrogens (tertiary/aromatic N) is 1. The molecule has 0 aliphatic rings. The fraction of sp³-hybridized carbons (Fsp3) is 0.917. The van der Waals surface area contributed by atoms with E-state index < -0.39 is 0 Å². The standard InChI is InChI=1S/C12H26N2O3/c1-16-11-10-14(8-5-3-4-7-13)9-6-12(15)17-2/h3-11,13H2,1-2H3. The lowest BCUT2D eigenvalue weighted by Gasteiger charge is -2.21. The Morgan fingerprint density at radius 2 is 1.88 bits per heavy atom. The second-order valence-electron chi connectivity index (χ2n) is 4.01. The van der Waals surface area contributed by atoms with Crippen molar-refractivity contribution in [2.24, 2.45) is 5.73 Å². The van der Waals surface area contributed by atoms with Crippen LogP contribution in [0.3, 0.4) is 0 Å². The van der Waals surface area contributed by atoms with Gasteiger partial charge in [0.05, 0.1) is 20.1 Å². The molecule has 0 aromatic carbocycles. The minimum atomic E-state index is -0.158. The molecule has 0 atom stereocenters. The molecule has 17 heavy (non-hydrogen) atoms. The highest BCUT2D eigenvalue weighted by Crippen LogP contribution is 2.00. The SMILES string of the molecule is COCCN(CCCCCN)CCC(=O)OC. The minimum Gasteiger partial charge on any atom is -0.469 e. The maximum Gasteiger partial charge on any atom is 0.306 e. The molecule has 0 bridgehead atoms. The van der Waals surface area contributed by atoms with Crippen LogP contribution >= 0.6 is 0 Å². The summed E-state index contributed by atoms with van der Waals surface area (Å²) in [6, 6.07) is 0. The van der Waals surface area contributed by atoms with E-state index in [1.165, 1.54) is 7.11 Å². The maximum atomic E-state index is 11.1. The number of rotatable bonds is 11. The average molecular weight is 246 g/mol. The molecule has 0 rings (SSSR count). The van der Waals surface area contributed by atoms with Gasteiger partial charge in [-0.1, -0.05) is 6.42 Å². The van der Waals surface area contributed by atoms with E-state index in [0.29, 0.717) is 13.0 Å². The first-order chi connectivity index (χ1) is 8.24. The normalized spacial score (nSPS) is 10.8. The summed E-state index contributed by atoms with van der Waals surface area (Å²) in [6.07, 6.45) is 3.76. The van der Waals surface area contributed by atoms with E-state index in [1.807, 2.05) is 0 Å². The van der Waals surface area contributed by atoms with Gasteiger partial charge in [0.1, 0.15) is 0 Å². The number of nitrogens with two attached hydrogens (primary N) is 1. The van der Waals surface area contributed by atoms with Gasteiger partial charge in [-0.25, -0.2) is 0 Å². The lowest BCUT2D eigenvalue weighted by atomic mass is 10.2. The van der Waals surface area contributed by atoms with Crippen LogP contribution in [0.2, 0.25) is 0 Å². The van der Waals surface area contributed by atoms with Crippen molar-refractivity contribution in [1.82, 2.24) is 4.90 Å². The lowest BCUT2D eigenvalue weighted by Crippen LogP contribution is -2.31. The van der Waals surface area contributed by atoms with Crippen molar-refractivity contribution in [2.75, 3.05) is 47.0 Å². The maximum absolute atomic E-state index is 11.1. The highest BCUT2D eigenvalue weighted by atomic mass is 16.5. The zero-order valence-electron chi connectivity index (χ0n) is 11.1. The number of ether oxygens (including phenoxy) is 2. The van der Waals surface area contributed by atoms with Gasteiger partial charge in [0.2, 0.25) is 0 Å². The molecule has 5 heteroatoms. The topological polar surface area (TPSA) is 64.8 Å². The van der Waals surface area contributed by atoms with Crippen LogP contribution in [-0.4, -0.2) is 57.9 Å². The van der Waals surface area contributed by atoms with Gasteiger partial charge in [0, 0.05) is 20.2 Å². The smallest absolute Gasteiger partial charge is 0.306 e. The van der Waals surface area contributed by atoms with Crippen molar-refractivity contribution < 1.29 is 14.3 Å². The van der Waals surface area contributed by atoms with E-state index in [-0.39, 0.29) is 5.97 Å². The molecule has 5 nitrogen and oxygen atoms in total. The van der Waals surface area contributed by atoms with Crippen LogP contribution in [0, 0.1) is 0 Å². The summed E-state index contributed by atoms with van der Waals surface area (Å²) >= 11 is 0. The highest BCUT2D eigenvalue weighted by molar-refractivity contribution is 5.69. The molecule has 2 N–H and O–H groups in total. The molecule has 0 aromatic heterocycles. The molecule has 0 fully saturated rings. The highest BCUT2D eigenvalue weighted by Gasteiger charge is 2.07. The summed E-state index contributed by atoms with van der Waals surface area (Å²) in [6.45, 7) is 4.02. The fourth-order valence-electron chi connectivity index (χ4n) is 1.56. The molecule has 0 saturated carbocycles. The molecule has 0 amide bonds. The van der Waals surface area contributed by atoms with Crippen molar-refractivity contribution in [3.05, 3.63) is 0 Å². The van der Waals surface area contributed by atoms with Crippen LogP contribution in [0.4, 0.5) is 0 Å². The van der Waals surface area contributed by atoms with Crippen LogP contribution in [-0.2, 0) is 14.3 Å². The van der Waals surface area contributed by atoms with E-state index >= 15 is 0 Å². The first-order valence-electron chi connectivity index (χ1n) is 6.22. The predicted octanol–water partition coefficient (Wildman–Crippen LogP) is 0.627. The van der Waals surface area contributed by atoms with Crippen molar-refractivity contribution in [1.29, 1.82) is 0 Å². The molecule has 0 aliphatic carbocycles. The number of hydrogen-bond acceptors (Lipinski definition) is 5. The quantitative estimate of drug-likeness (QED) is 0.428.